The quantitative estimate of drug-likeness (QED) is 0.662. The summed E-state index contributed by atoms with van der Waals surface area (Å²) in [4.78, 5) is 27.5. The van der Waals surface area contributed by atoms with E-state index >= 15 is 0 Å². The number of aryl methyl sites for hydroxylation is 2. The lowest BCUT2D eigenvalue weighted by molar-refractivity contribution is -0.133. The van der Waals surface area contributed by atoms with Crippen LogP contribution < -0.4 is 10.6 Å². The monoisotopic (exact) mass is 303 g/mol. The van der Waals surface area contributed by atoms with Crippen molar-refractivity contribution in [3.8, 4) is 0 Å². The molecular weight excluding hydrogens is 290 g/mol. The molecule has 2 N–H and O–H groups in total. The maximum absolute atomic E-state index is 11.9. The van der Waals surface area contributed by atoms with Gasteiger partial charge in [0, 0.05) is 11.9 Å². The van der Waals surface area contributed by atoms with Crippen LogP contribution >= 0.6 is 11.6 Å². The van der Waals surface area contributed by atoms with E-state index in [0.29, 0.717) is 11.4 Å². The third-order valence-corrected chi connectivity index (χ3v) is 3.14. The van der Waals surface area contributed by atoms with E-state index in [2.05, 4.69) is 15.6 Å². The van der Waals surface area contributed by atoms with E-state index in [4.69, 9.17) is 11.6 Å². The van der Waals surface area contributed by atoms with E-state index in [-0.39, 0.29) is 5.15 Å². The van der Waals surface area contributed by atoms with Crippen molar-refractivity contribution in [2.24, 2.45) is 0 Å². The molecule has 0 atom stereocenters. The van der Waals surface area contributed by atoms with Crippen LogP contribution in [0.5, 0.6) is 0 Å². The van der Waals surface area contributed by atoms with Crippen LogP contribution in [0.15, 0.2) is 36.5 Å². The summed E-state index contributed by atoms with van der Waals surface area (Å²) in [6, 6.07) is 8.72. The Morgan fingerprint density at radius 3 is 2.33 bits per heavy atom. The Bertz CT molecular complexity index is 701. The number of hydrogen-bond acceptors (Lipinski definition) is 3. The molecule has 108 valence electrons. The average Bonchev–Trinajstić information content (AvgIpc) is 2.44. The van der Waals surface area contributed by atoms with Gasteiger partial charge in [0.2, 0.25) is 0 Å². The lowest BCUT2D eigenvalue weighted by Crippen LogP contribution is -2.29. The zero-order valence-corrected chi connectivity index (χ0v) is 12.4. The minimum atomic E-state index is -0.801. The van der Waals surface area contributed by atoms with Crippen LogP contribution in [0.25, 0.3) is 0 Å². The molecule has 0 aliphatic rings. The second-order valence-electron chi connectivity index (χ2n) is 4.57. The summed E-state index contributed by atoms with van der Waals surface area (Å²) in [6.45, 7) is 3.81. The van der Waals surface area contributed by atoms with Crippen molar-refractivity contribution in [2.75, 3.05) is 10.6 Å². The van der Waals surface area contributed by atoms with E-state index in [9.17, 15) is 9.59 Å². The zero-order chi connectivity index (χ0) is 15.4. The molecule has 0 aliphatic heterocycles. The van der Waals surface area contributed by atoms with E-state index in [1.165, 1.54) is 6.20 Å². The highest BCUT2D eigenvalue weighted by Gasteiger charge is 2.16. The van der Waals surface area contributed by atoms with Crippen molar-refractivity contribution in [2.45, 2.75) is 13.8 Å². The third-order valence-electron chi connectivity index (χ3n) is 2.84. The topological polar surface area (TPSA) is 71.1 Å². The van der Waals surface area contributed by atoms with Crippen LogP contribution in [0.3, 0.4) is 0 Å². The zero-order valence-electron chi connectivity index (χ0n) is 11.6. The number of nitrogens with one attached hydrogen (secondary N) is 2. The van der Waals surface area contributed by atoms with E-state index in [0.717, 1.165) is 11.1 Å². The number of rotatable bonds is 2. The minimum absolute atomic E-state index is 0.130. The molecule has 0 radical (unpaired) electrons. The van der Waals surface area contributed by atoms with Crippen LogP contribution in [0.2, 0.25) is 5.15 Å². The van der Waals surface area contributed by atoms with Gasteiger partial charge in [0.15, 0.2) is 5.15 Å². The normalized spacial score (nSPS) is 10.0. The third kappa shape index (κ3) is 3.79. The highest BCUT2D eigenvalue weighted by molar-refractivity contribution is 6.44. The van der Waals surface area contributed by atoms with Gasteiger partial charge in [-0.15, -0.1) is 0 Å². The lowest BCUT2D eigenvalue weighted by atomic mass is 10.1. The van der Waals surface area contributed by atoms with Crippen molar-refractivity contribution in [1.82, 2.24) is 4.98 Å². The molecule has 0 saturated carbocycles. The van der Waals surface area contributed by atoms with Crippen LogP contribution in [0, 0.1) is 13.8 Å². The van der Waals surface area contributed by atoms with Gasteiger partial charge in [-0.2, -0.15) is 0 Å². The Morgan fingerprint density at radius 2 is 1.71 bits per heavy atom. The Labute approximate surface area is 127 Å². The molecular formula is C15H14ClN3O2. The number of carbonyl (C=O) groups excluding carboxylic acids is 2. The minimum Gasteiger partial charge on any atom is -0.318 e. The van der Waals surface area contributed by atoms with Gasteiger partial charge in [0.1, 0.15) is 0 Å². The van der Waals surface area contributed by atoms with Crippen molar-refractivity contribution in [1.29, 1.82) is 0 Å². The van der Waals surface area contributed by atoms with Gasteiger partial charge in [-0.05, 0) is 37.6 Å². The maximum Gasteiger partial charge on any atom is 0.314 e. The van der Waals surface area contributed by atoms with Crippen LogP contribution in [0.1, 0.15) is 11.1 Å². The number of nitrogens with zero attached hydrogens (tertiary/aromatic N) is 1. The van der Waals surface area contributed by atoms with Gasteiger partial charge in [0.05, 0.1) is 5.69 Å². The Kier molecular flexibility index (Phi) is 4.55. The first-order valence-electron chi connectivity index (χ1n) is 6.27. The molecule has 0 spiro atoms. The van der Waals surface area contributed by atoms with Crippen LogP contribution in [-0.2, 0) is 9.59 Å². The molecule has 0 aliphatic carbocycles. The number of halogens is 1. The molecule has 6 heteroatoms. The number of amides is 2. The first-order valence-corrected chi connectivity index (χ1v) is 6.65. The molecule has 2 rings (SSSR count). The Balaban J connectivity index is 2.06. The molecule has 1 aromatic heterocycles. The number of benzene rings is 1. The smallest absolute Gasteiger partial charge is 0.314 e. The van der Waals surface area contributed by atoms with Crippen LogP contribution in [-0.4, -0.2) is 16.8 Å². The first-order chi connectivity index (χ1) is 9.97. The summed E-state index contributed by atoms with van der Waals surface area (Å²) < 4.78 is 0. The van der Waals surface area contributed by atoms with E-state index in [1.807, 2.05) is 26.0 Å². The summed E-state index contributed by atoms with van der Waals surface area (Å²) >= 11 is 5.82. The number of hydrogen-bond donors (Lipinski definition) is 2. The number of carbonyl (C=O) groups is 2. The fraction of sp³-hybridized carbons (Fsp3) is 0.133. The maximum atomic E-state index is 11.9. The highest BCUT2D eigenvalue weighted by atomic mass is 35.5. The summed E-state index contributed by atoms with van der Waals surface area (Å²) in [5.74, 6) is -1.56. The molecule has 1 aromatic carbocycles. The molecule has 5 nitrogen and oxygen atoms in total. The largest absolute Gasteiger partial charge is 0.318 e. The van der Waals surface area contributed by atoms with Gasteiger partial charge in [0.25, 0.3) is 0 Å². The van der Waals surface area contributed by atoms with Gasteiger partial charge < -0.3 is 10.6 Å². The van der Waals surface area contributed by atoms with E-state index in [1.54, 1.807) is 18.2 Å². The fourth-order valence-electron chi connectivity index (χ4n) is 1.79. The Hall–Kier alpha value is -2.40. The standard InChI is InChI=1S/C15H14ClN3O2/c1-9-5-6-11(10(2)8-9)18-14(20)15(21)19-12-4-3-7-17-13(12)16/h3-8H,1-2H3,(H,18,20)(H,19,21). The van der Waals surface area contributed by atoms with Gasteiger partial charge >= 0.3 is 11.8 Å². The second kappa shape index (κ2) is 6.37. The van der Waals surface area contributed by atoms with Gasteiger partial charge in [-0.3, -0.25) is 9.59 Å². The molecule has 2 amide bonds. The predicted octanol–water partition coefficient (Wildman–Crippen LogP) is 2.93. The lowest BCUT2D eigenvalue weighted by Gasteiger charge is -2.09. The van der Waals surface area contributed by atoms with Gasteiger partial charge in [-0.1, -0.05) is 29.3 Å². The van der Waals surface area contributed by atoms with Gasteiger partial charge in [-0.25, -0.2) is 4.98 Å². The number of pyridine rings is 1. The molecule has 2 aromatic rings. The fourth-order valence-corrected chi connectivity index (χ4v) is 1.96. The van der Waals surface area contributed by atoms with E-state index < -0.39 is 11.8 Å². The second-order valence-corrected chi connectivity index (χ2v) is 4.93. The molecule has 21 heavy (non-hydrogen) atoms. The number of anilines is 2. The summed E-state index contributed by atoms with van der Waals surface area (Å²) in [7, 11) is 0. The van der Waals surface area contributed by atoms with Crippen LogP contribution in [0.4, 0.5) is 11.4 Å². The first kappa shape index (κ1) is 15.0. The summed E-state index contributed by atoms with van der Waals surface area (Å²) in [5.41, 5.74) is 2.85. The van der Waals surface area contributed by atoms with Crippen molar-refractivity contribution in [3.63, 3.8) is 0 Å². The summed E-state index contributed by atoms with van der Waals surface area (Å²) in [5, 5.41) is 5.11. The van der Waals surface area contributed by atoms with Crippen molar-refractivity contribution in [3.05, 3.63) is 52.8 Å². The molecule has 0 fully saturated rings. The Morgan fingerprint density at radius 1 is 1.05 bits per heavy atom. The molecule has 0 unspecified atom stereocenters. The highest BCUT2D eigenvalue weighted by Crippen LogP contribution is 2.18. The number of aromatic nitrogens is 1. The van der Waals surface area contributed by atoms with Crippen molar-refractivity contribution >= 4 is 34.8 Å². The molecule has 0 bridgehead atoms. The predicted molar refractivity (Wildman–Crippen MR) is 82.4 cm³/mol. The SMILES string of the molecule is Cc1ccc(NC(=O)C(=O)Nc2cccnc2Cl)c(C)c1. The van der Waals surface area contributed by atoms with Crippen molar-refractivity contribution < 1.29 is 9.59 Å². The molecule has 1 heterocycles. The average molecular weight is 304 g/mol. The summed E-state index contributed by atoms with van der Waals surface area (Å²) in [6.07, 6.45) is 1.49. The molecule has 0 saturated heterocycles.